The molecule has 1 amide bonds. The average Bonchev–Trinajstić information content (AvgIpc) is 2.54. The Hall–Kier alpha value is -1.07. The van der Waals surface area contributed by atoms with E-state index in [2.05, 4.69) is 21.2 Å². The molecule has 0 aromatic heterocycles. The van der Waals surface area contributed by atoms with E-state index in [0.717, 1.165) is 35.2 Å². The molecule has 0 aliphatic carbocycles. The van der Waals surface area contributed by atoms with Crippen LogP contribution in [0.1, 0.15) is 12.0 Å². The van der Waals surface area contributed by atoms with Crippen LogP contribution in [0.15, 0.2) is 22.7 Å². The van der Waals surface area contributed by atoms with Gasteiger partial charge in [0.1, 0.15) is 0 Å². The van der Waals surface area contributed by atoms with E-state index in [0.29, 0.717) is 6.54 Å². The minimum Gasteiger partial charge on any atom is -0.392 e. The van der Waals surface area contributed by atoms with Crippen LogP contribution >= 0.6 is 15.9 Å². The maximum absolute atomic E-state index is 11.5. The average molecular weight is 299 g/mol. The van der Waals surface area contributed by atoms with Gasteiger partial charge in [-0.05, 0) is 18.6 Å². The van der Waals surface area contributed by atoms with Crippen molar-refractivity contribution < 1.29 is 9.90 Å². The largest absolute Gasteiger partial charge is 0.392 e. The van der Waals surface area contributed by atoms with Crippen molar-refractivity contribution in [3.8, 4) is 0 Å². The zero-order valence-corrected chi connectivity index (χ0v) is 11.0. The zero-order valence-electron chi connectivity index (χ0n) is 9.45. The van der Waals surface area contributed by atoms with Gasteiger partial charge in [-0.1, -0.05) is 22.0 Å². The summed E-state index contributed by atoms with van der Waals surface area (Å²) in [5.41, 5.74) is 1.78. The molecule has 2 rings (SSSR count). The molecule has 2 N–H and O–H groups in total. The number of carbonyl (C=O) groups is 1. The first-order valence-electron chi connectivity index (χ1n) is 5.61. The van der Waals surface area contributed by atoms with Crippen LogP contribution in [0.3, 0.4) is 0 Å². The zero-order chi connectivity index (χ0) is 12.3. The third-order valence-corrected chi connectivity index (χ3v) is 3.31. The number of hydrogen-bond donors (Lipinski definition) is 2. The van der Waals surface area contributed by atoms with E-state index in [-0.39, 0.29) is 12.5 Å². The van der Waals surface area contributed by atoms with Crippen molar-refractivity contribution in [2.45, 2.75) is 13.0 Å². The van der Waals surface area contributed by atoms with Crippen molar-refractivity contribution in [3.05, 3.63) is 28.2 Å². The minimum absolute atomic E-state index is 0.0132. The molecule has 0 unspecified atom stereocenters. The highest BCUT2D eigenvalue weighted by molar-refractivity contribution is 9.10. The first-order valence-corrected chi connectivity index (χ1v) is 6.41. The summed E-state index contributed by atoms with van der Waals surface area (Å²) >= 11 is 3.42. The number of halogens is 1. The second-order valence-corrected chi connectivity index (χ2v) is 4.97. The lowest BCUT2D eigenvalue weighted by Gasteiger charge is -2.24. The molecule has 1 aliphatic rings. The third-order valence-electron chi connectivity index (χ3n) is 2.82. The van der Waals surface area contributed by atoms with Crippen molar-refractivity contribution in [1.82, 2.24) is 5.32 Å². The van der Waals surface area contributed by atoms with Gasteiger partial charge >= 0.3 is 0 Å². The van der Waals surface area contributed by atoms with Crippen LogP contribution in [-0.2, 0) is 11.4 Å². The Labute approximate surface area is 109 Å². The standard InChI is InChI=1S/C12H15BrN2O2/c13-10-3-2-9(8-16)11(6-10)15-5-1-4-14-12(17)7-15/h2-3,6,16H,1,4-5,7-8H2,(H,14,17). The number of nitrogens with one attached hydrogen (secondary N) is 1. The Balaban J connectivity index is 2.30. The number of anilines is 1. The number of amides is 1. The third kappa shape index (κ3) is 2.98. The number of aliphatic hydroxyl groups excluding tert-OH is 1. The molecule has 1 aromatic rings. The van der Waals surface area contributed by atoms with Crippen LogP contribution in [-0.4, -0.2) is 30.6 Å². The Morgan fingerprint density at radius 2 is 2.29 bits per heavy atom. The van der Waals surface area contributed by atoms with Gasteiger partial charge in [-0.25, -0.2) is 0 Å². The van der Waals surface area contributed by atoms with E-state index in [9.17, 15) is 9.90 Å². The molecular formula is C12H15BrN2O2. The Bertz CT molecular complexity index is 423. The van der Waals surface area contributed by atoms with Crippen LogP contribution in [0.4, 0.5) is 5.69 Å². The maximum atomic E-state index is 11.5. The molecule has 1 heterocycles. The van der Waals surface area contributed by atoms with E-state index >= 15 is 0 Å². The topological polar surface area (TPSA) is 52.6 Å². The van der Waals surface area contributed by atoms with Crippen molar-refractivity contribution in [3.63, 3.8) is 0 Å². The molecule has 1 aromatic carbocycles. The lowest BCUT2D eigenvalue weighted by molar-refractivity contribution is -0.119. The van der Waals surface area contributed by atoms with Gasteiger partial charge in [0.05, 0.1) is 13.2 Å². The van der Waals surface area contributed by atoms with Gasteiger partial charge in [-0.15, -0.1) is 0 Å². The van der Waals surface area contributed by atoms with E-state index in [1.807, 2.05) is 23.1 Å². The van der Waals surface area contributed by atoms with Crippen LogP contribution in [0.5, 0.6) is 0 Å². The first-order chi connectivity index (χ1) is 8.20. The predicted molar refractivity (Wildman–Crippen MR) is 69.9 cm³/mol. The number of rotatable bonds is 2. The number of carbonyl (C=O) groups excluding carboxylic acids is 1. The summed E-state index contributed by atoms with van der Waals surface area (Å²) < 4.78 is 0.953. The van der Waals surface area contributed by atoms with Gasteiger partial charge in [-0.3, -0.25) is 4.79 Å². The van der Waals surface area contributed by atoms with Crippen molar-refractivity contribution in [1.29, 1.82) is 0 Å². The van der Waals surface area contributed by atoms with E-state index < -0.39 is 0 Å². The highest BCUT2D eigenvalue weighted by Gasteiger charge is 2.17. The number of benzene rings is 1. The second-order valence-electron chi connectivity index (χ2n) is 4.06. The molecule has 0 spiro atoms. The molecule has 0 saturated carbocycles. The minimum atomic E-state index is -0.0132. The van der Waals surface area contributed by atoms with Gasteiger partial charge in [0, 0.05) is 28.8 Å². The Morgan fingerprint density at radius 3 is 3.06 bits per heavy atom. The fraction of sp³-hybridized carbons (Fsp3) is 0.417. The summed E-state index contributed by atoms with van der Waals surface area (Å²) in [5, 5.41) is 12.2. The summed E-state index contributed by atoms with van der Waals surface area (Å²) in [6, 6.07) is 5.72. The fourth-order valence-corrected chi connectivity index (χ4v) is 2.33. The van der Waals surface area contributed by atoms with Crippen LogP contribution in [0.25, 0.3) is 0 Å². The lowest BCUT2D eigenvalue weighted by Crippen LogP contribution is -2.33. The van der Waals surface area contributed by atoms with Gasteiger partial charge in [-0.2, -0.15) is 0 Å². The van der Waals surface area contributed by atoms with Gasteiger partial charge in [0.25, 0.3) is 0 Å². The summed E-state index contributed by atoms with van der Waals surface area (Å²) in [6.07, 6.45) is 0.920. The molecule has 0 radical (unpaired) electrons. The normalized spacial score (nSPS) is 16.6. The SMILES string of the molecule is O=C1CN(c2cc(Br)ccc2CO)CCCN1. The van der Waals surface area contributed by atoms with Gasteiger partial charge in [0.2, 0.25) is 5.91 Å². The molecule has 1 aliphatic heterocycles. The molecule has 0 bridgehead atoms. The summed E-state index contributed by atoms with van der Waals surface area (Å²) in [6.45, 7) is 1.88. The highest BCUT2D eigenvalue weighted by atomic mass is 79.9. The fourth-order valence-electron chi connectivity index (χ4n) is 1.98. The van der Waals surface area contributed by atoms with Crippen LogP contribution in [0, 0.1) is 0 Å². The second kappa shape index (κ2) is 5.51. The van der Waals surface area contributed by atoms with E-state index in [4.69, 9.17) is 0 Å². The van der Waals surface area contributed by atoms with Crippen LogP contribution < -0.4 is 10.2 Å². The first kappa shape index (κ1) is 12.4. The molecule has 5 heteroatoms. The van der Waals surface area contributed by atoms with E-state index in [1.165, 1.54) is 0 Å². The summed E-state index contributed by atoms with van der Waals surface area (Å²) in [7, 11) is 0. The monoisotopic (exact) mass is 298 g/mol. The van der Waals surface area contributed by atoms with Crippen molar-refractivity contribution in [2.24, 2.45) is 0 Å². The quantitative estimate of drug-likeness (QED) is 0.864. The van der Waals surface area contributed by atoms with Gasteiger partial charge < -0.3 is 15.3 Å². The number of nitrogens with zero attached hydrogens (tertiary/aromatic N) is 1. The molecule has 1 fully saturated rings. The predicted octanol–water partition coefficient (Wildman–Crippen LogP) is 1.27. The summed E-state index contributed by atoms with van der Waals surface area (Å²) in [5.74, 6) is 0.0337. The molecule has 1 saturated heterocycles. The smallest absolute Gasteiger partial charge is 0.239 e. The van der Waals surface area contributed by atoms with Gasteiger partial charge in [0.15, 0.2) is 0 Å². The molecular weight excluding hydrogens is 284 g/mol. The highest BCUT2D eigenvalue weighted by Crippen LogP contribution is 2.25. The van der Waals surface area contributed by atoms with Crippen molar-refractivity contribution in [2.75, 3.05) is 24.5 Å². The van der Waals surface area contributed by atoms with Crippen molar-refractivity contribution >= 4 is 27.5 Å². The maximum Gasteiger partial charge on any atom is 0.239 e. The Morgan fingerprint density at radius 1 is 1.47 bits per heavy atom. The van der Waals surface area contributed by atoms with E-state index in [1.54, 1.807) is 0 Å². The number of hydrogen-bond acceptors (Lipinski definition) is 3. The molecule has 17 heavy (non-hydrogen) atoms. The summed E-state index contributed by atoms with van der Waals surface area (Å²) in [4.78, 5) is 13.5. The number of aliphatic hydroxyl groups is 1. The Kier molecular flexibility index (Phi) is 4.02. The van der Waals surface area contributed by atoms with Crippen LogP contribution in [0.2, 0.25) is 0 Å². The molecule has 0 atom stereocenters. The molecule has 92 valence electrons. The molecule has 4 nitrogen and oxygen atoms in total. The lowest BCUT2D eigenvalue weighted by atomic mass is 10.1.